The Balaban J connectivity index is 1.16. The number of rotatable bonds is 11. The van der Waals surface area contributed by atoms with E-state index in [2.05, 4.69) is 29.2 Å². The highest BCUT2D eigenvalue weighted by atomic mass is 35.5. The number of likely N-dealkylation sites (tertiary alicyclic amines) is 1. The smallest absolute Gasteiger partial charge is 0.292 e. The van der Waals surface area contributed by atoms with Crippen molar-refractivity contribution in [3.05, 3.63) is 83.0 Å². The highest BCUT2D eigenvalue weighted by Crippen LogP contribution is 2.34. The third kappa shape index (κ3) is 6.77. The summed E-state index contributed by atoms with van der Waals surface area (Å²) in [7, 11) is 0. The number of amides is 1. The molecule has 8 nitrogen and oxygen atoms in total. The summed E-state index contributed by atoms with van der Waals surface area (Å²) >= 11 is 6.46. The minimum Gasteiger partial charge on any atom is -0.489 e. The fourth-order valence-corrected chi connectivity index (χ4v) is 5.75. The SMILES string of the molecule is CC(C)n1cc2ccc(-c3ccc(C(=O)C(=O)NC(CN4CCCC4)C(O)c4ccc(OC5CC5)c(Cl)c4)cc3)cc2n1. The number of hydrogen-bond donors (Lipinski definition) is 2. The number of nitrogens with one attached hydrogen (secondary N) is 1. The van der Waals surface area contributed by atoms with Gasteiger partial charge in [0.1, 0.15) is 11.9 Å². The first kappa shape index (κ1) is 29.4. The van der Waals surface area contributed by atoms with E-state index in [1.165, 1.54) is 0 Å². The van der Waals surface area contributed by atoms with Crippen LogP contribution in [0.4, 0.5) is 0 Å². The van der Waals surface area contributed by atoms with Gasteiger partial charge in [0.2, 0.25) is 5.78 Å². The van der Waals surface area contributed by atoms with Crippen molar-refractivity contribution >= 4 is 34.2 Å². The lowest BCUT2D eigenvalue weighted by molar-refractivity contribution is -0.118. The van der Waals surface area contributed by atoms with E-state index in [-0.39, 0.29) is 17.7 Å². The molecule has 1 saturated carbocycles. The predicted octanol–water partition coefficient (Wildman–Crippen LogP) is 5.98. The number of carbonyl (C=O) groups excluding carboxylic acids is 2. The quantitative estimate of drug-likeness (QED) is 0.162. The van der Waals surface area contributed by atoms with E-state index in [9.17, 15) is 14.7 Å². The van der Waals surface area contributed by atoms with Crippen molar-refractivity contribution in [3.8, 4) is 16.9 Å². The van der Waals surface area contributed by atoms with Crippen molar-refractivity contribution in [2.75, 3.05) is 19.6 Å². The van der Waals surface area contributed by atoms with Crippen molar-refractivity contribution in [3.63, 3.8) is 0 Å². The molecular weight excluding hydrogens is 564 g/mol. The topological polar surface area (TPSA) is 96.7 Å². The first-order valence-corrected chi connectivity index (χ1v) is 15.4. The van der Waals surface area contributed by atoms with E-state index in [0.29, 0.717) is 22.9 Å². The zero-order valence-corrected chi connectivity index (χ0v) is 25.3. The average molecular weight is 601 g/mol. The van der Waals surface area contributed by atoms with Crippen LogP contribution in [0.3, 0.4) is 0 Å². The minimum absolute atomic E-state index is 0.203. The Bertz CT molecular complexity index is 1620. The number of fused-ring (bicyclic) bond motifs is 1. The lowest BCUT2D eigenvalue weighted by atomic mass is 9.99. The van der Waals surface area contributed by atoms with E-state index in [4.69, 9.17) is 16.3 Å². The van der Waals surface area contributed by atoms with Gasteiger partial charge in [0.15, 0.2) is 0 Å². The lowest BCUT2D eigenvalue weighted by Crippen LogP contribution is -2.48. The number of halogens is 1. The van der Waals surface area contributed by atoms with Gasteiger partial charge in [-0.05, 0) is 87.5 Å². The molecule has 2 aliphatic rings. The molecule has 43 heavy (non-hydrogen) atoms. The van der Waals surface area contributed by atoms with Crippen LogP contribution < -0.4 is 10.1 Å². The van der Waals surface area contributed by atoms with E-state index in [0.717, 1.165) is 60.8 Å². The molecular formula is C34H37ClN4O4. The van der Waals surface area contributed by atoms with Crippen molar-refractivity contribution in [1.82, 2.24) is 20.0 Å². The number of nitrogens with zero attached hydrogens (tertiary/aromatic N) is 3. The fraction of sp³-hybridized carbons (Fsp3) is 0.382. The van der Waals surface area contributed by atoms with Gasteiger partial charge in [-0.3, -0.25) is 14.3 Å². The van der Waals surface area contributed by atoms with Crippen LogP contribution in [0, 0.1) is 0 Å². The van der Waals surface area contributed by atoms with Gasteiger partial charge < -0.3 is 20.1 Å². The van der Waals surface area contributed by atoms with E-state index < -0.39 is 23.8 Å². The Hall–Kier alpha value is -3.72. The molecule has 6 rings (SSSR count). The molecule has 1 amide bonds. The van der Waals surface area contributed by atoms with Crippen LogP contribution in [0.1, 0.15) is 67.6 Å². The largest absolute Gasteiger partial charge is 0.489 e. The van der Waals surface area contributed by atoms with Crippen molar-refractivity contribution < 1.29 is 19.4 Å². The maximum Gasteiger partial charge on any atom is 0.292 e. The van der Waals surface area contributed by atoms with Crippen LogP contribution in [-0.2, 0) is 4.79 Å². The number of ketones is 1. The molecule has 2 unspecified atom stereocenters. The maximum atomic E-state index is 13.2. The molecule has 1 saturated heterocycles. The second-order valence-corrected chi connectivity index (χ2v) is 12.3. The van der Waals surface area contributed by atoms with Crippen LogP contribution >= 0.6 is 11.6 Å². The molecule has 0 bridgehead atoms. The van der Waals surface area contributed by atoms with Crippen LogP contribution in [0.25, 0.3) is 22.0 Å². The normalized spacial score (nSPS) is 16.9. The summed E-state index contributed by atoms with van der Waals surface area (Å²) in [5.74, 6) is -0.817. The molecule has 2 N–H and O–H groups in total. The number of hydrogen-bond acceptors (Lipinski definition) is 6. The van der Waals surface area contributed by atoms with Gasteiger partial charge in [-0.25, -0.2) is 0 Å². The molecule has 3 aromatic carbocycles. The van der Waals surface area contributed by atoms with E-state index >= 15 is 0 Å². The summed E-state index contributed by atoms with van der Waals surface area (Å²) < 4.78 is 7.77. The number of Topliss-reactive ketones (excluding diaryl/α,β-unsaturated/α-hetero) is 1. The van der Waals surface area contributed by atoms with Crippen LogP contribution in [-0.4, -0.2) is 63.3 Å². The maximum absolute atomic E-state index is 13.2. The average Bonchev–Trinajstić information content (AvgIpc) is 3.47. The molecule has 4 aromatic rings. The molecule has 2 atom stereocenters. The van der Waals surface area contributed by atoms with Gasteiger partial charge in [-0.2, -0.15) is 5.10 Å². The van der Waals surface area contributed by atoms with Crippen LogP contribution in [0.5, 0.6) is 5.75 Å². The summed E-state index contributed by atoms with van der Waals surface area (Å²) in [6.07, 6.45) is 5.34. The van der Waals surface area contributed by atoms with Gasteiger partial charge >= 0.3 is 0 Å². The number of benzene rings is 3. The first-order chi connectivity index (χ1) is 20.7. The predicted molar refractivity (Wildman–Crippen MR) is 168 cm³/mol. The summed E-state index contributed by atoms with van der Waals surface area (Å²) in [5, 5.41) is 20.3. The monoisotopic (exact) mass is 600 g/mol. The number of aliphatic hydroxyl groups is 1. The Kier molecular flexibility index (Phi) is 8.52. The van der Waals surface area contributed by atoms with Crippen molar-refractivity contribution in [2.45, 2.75) is 63.8 Å². The van der Waals surface area contributed by atoms with Crippen molar-refractivity contribution in [1.29, 1.82) is 0 Å². The van der Waals surface area contributed by atoms with Gasteiger partial charge in [-0.1, -0.05) is 54.1 Å². The summed E-state index contributed by atoms with van der Waals surface area (Å²) in [6.45, 7) is 6.37. The Morgan fingerprint density at radius 2 is 1.74 bits per heavy atom. The molecule has 1 aromatic heterocycles. The van der Waals surface area contributed by atoms with Crippen LogP contribution in [0.2, 0.25) is 5.02 Å². The Morgan fingerprint density at radius 3 is 2.42 bits per heavy atom. The molecule has 2 heterocycles. The first-order valence-electron chi connectivity index (χ1n) is 15.1. The third-order valence-corrected chi connectivity index (χ3v) is 8.50. The van der Waals surface area contributed by atoms with E-state index in [1.54, 1.807) is 30.3 Å². The molecule has 2 fully saturated rings. The van der Waals surface area contributed by atoms with Gasteiger partial charge in [0.05, 0.1) is 22.7 Å². The summed E-state index contributed by atoms with van der Waals surface area (Å²) in [6, 6.07) is 17.9. The summed E-state index contributed by atoms with van der Waals surface area (Å²) in [4.78, 5) is 28.6. The molecule has 0 radical (unpaired) electrons. The van der Waals surface area contributed by atoms with Gasteiger partial charge in [0.25, 0.3) is 5.91 Å². The van der Waals surface area contributed by atoms with Crippen molar-refractivity contribution in [2.24, 2.45) is 0 Å². The Morgan fingerprint density at radius 1 is 1.02 bits per heavy atom. The summed E-state index contributed by atoms with van der Waals surface area (Å²) in [5.41, 5.74) is 3.65. The second kappa shape index (κ2) is 12.5. The minimum atomic E-state index is -1.05. The highest BCUT2D eigenvalue weighted by molar-refractivity contribution is 6.42. The Labute approximate surface area is 256 Å². The van der Waals surface area contributed by atoms with Crippen LogP contribution in [0.15, 0.2) is 66.9 Å². The fourth-order valence-electron chi connectivity index (χ4n) is 5.52. The lowest BCUT2D eigenvalue weighted by Gasteiger charge is -2.28. The zero-order valence-electron chi connectivity index (χ0n) is 24.5. The van der Waals surface area contributed by atoms with E-state index in [1.807, 2.05) is 41.2 Å². The number of aromatic nitrogens is 2. The van der Waals surface area contributed by atoms with Gasteiger partial charge in [-0.15, -0.1) is 0 Å². The molecule has 9 heteroatoms. The van der Waals surface area contributed by atoms with Gasteiger partial charge in [0, 0.05) is 29.7 Å². The number of carbonyl (C=O) groups is 2. The third-order valence-electron chi connectivity index (χ3n) is 8.21. The highest BCUT2D eigenvalue weighted by Gasteiger charge is 2.30. The molecule has 0 spiro atoms. The standard InChI is InChI=1S/C34H37ClN4O4/c1-21(2)39-19-26-10-9-24(18-29(26)37-39)22-5-7-23(8-6-22)33(41)34(42)36-30(20-38-15-3-4-16-38)32(40)25-11-14-31(28(35)17-25)43-27-12-13-27/h5-11,14,17-19,21,27,30,32,40H,3-4,12-13,15-16,20H2,1-2H3,(H,36,42). The number of ether oxygens (including phenoxy) is 1. The second-order valence-electron chi connectivity index (χ2n) is 11.9. The molecule has 1 aliphatic carbocycles. The zero-order chi connectivity index (χ0) is 30.1. The molecule has 1 aliphatic heterocycles. The molecule has 224 valence electrons. The number of aliphatic hydroxyl groups excluding tert-OH is 1.